The normalized spacial score (nSPS) is 13.7. The van der Waals surface area contributed by atoms with Crippen molar-refractivity contribution in [3.8, 4) is 39.3 Å². The number of hydrogen-bond donors (Lipinski definition) is 2. The van der Waals surface area contributed by atoms with E-state index in [1.807, 2.05) is 77.9 Å². The van der Waals surface area contributed by atoms with E-state index in [0.717, 1.165) is 35.2 Å². The third kappa shape index (κ3) is 5.73. The van der Waals surface area contributed by atoms with Crippen molar-refractivity contribution in [2.24, 2.45) is 11.7 Å². The Morgan fingerprint density at radius 3 is 2.16 bits per heavy atom. The molecule has 2 aromatic carbocycles. The quantitative estimate of drug-likeness (QED) is 0.237. The highest BCUT2D eigenvalue weighted by Crippen LogP contribution is 2.39. The van der Waals surface area contributed by atoms with E-state index in [1.54, 1.807) is 30.5 Å². The van der Waals surface area contributed by atoms with Gasteiger partial charge in [-0.25, -0.2) is 9.50 Å². The smallest absolute Gasteiger partial charge is 0.268 e. The molecule has 0 saturated carbocycles. The first-order chi connectivity index (χ1) is 23.7. The molecule has 7 rings (SSSR count). The molecule has 5 heterocycles. The zero-order chi connectivity index (χ0) is 34.2. The van der Waals surface area contributed by atoms with E-state index in [1.165, 1.54) is 10.9 Å². The van der Waals surface area contributed by atoms with Crippen LogP contribution in [0.4, 0.5) is 5.82 Å². The topological polar surface area (TPSA) is 154 Å². The van der Waals surface area contributed by atoms with Gasteiger partial charge in [-0.05, 0) is 60.4 Å². The minimum Gasteiger partial charge on any atom is -0.382 e. The molecule has 0 bridgehead atoms. The molecule has 4 N–H and O–H groups in total. The number of primary amides is 1. The van der Waals surface area contributed by atoms with Gasteiger partial charge >= 0.3 is 0 Å². The maximum atomic E-state index is 13.8. The number of rotatable bonds is 7. The molecular weight excluding hydrogens is 616 g/mol. The van der Waals surface area contributed by atoms with Gasteiger partial charge in [0.1, 0.15) is 17.4 Å². The summed E-state index contributed by atoms with van der Waals surface area (Å²) in [6.07, 6.45) is 4.77. The highest BCUT2D eigenvalue weighted by Gasteiger charge is 2.29. The van der Waals surface area contributed by atoms with Crippen molar-refractivity contribution in [3.05, 3.63) is 119 Å². The Morgan fingerprint density at radius 1 is 0.857 bits per heavy atom. The average Bonchev–Trinajstić information content (AvgIpc) is 3.53. The van der Waals surface area contributed by atoms with E-state index in [9.17, 15) is 14.4 Å². The number of piperidine rings is 1. The molecule has 0 unspecified atom stereocenters. The van der Waals surface area contributed by atoms with E-state index in [0.29, 0.717) is 47.1 Å². The summed E-state index contributed by atoms with van der Waals surface area (Å²) in [7, 11) is 0. The number of likely N-dealkylation sites (tertiary alicyclic amines) is 1. The number of amides is 2. The lowest BCUT2D eigenvalue weighted by Gasteiger charge is -2.33. The summed E-state index contributed by atoms with van der Waals surface area (Å²) in [5.74, 6) is -0.108. The number of carbonyl (C=O) groups is 2. The molecule has 246 valence electrons. The lowest BCUT2D eigenvalue weighted by atomic mass is 9.92. The Hall–Kier alpha value is -6.10. The molecule has 0 radical (unpaired) electrons. The summed E-state index contributed by atoms with van der Waals surface area (Å²) in [6.45, 7) is 5.25. The number of fused-ring (bicyclic) bond motifs is 1. The molecule has 1 aliphatic heterocycles. The molecule has 2 amide bonds. The number of nitrogens with zero attached hydrogens (tertiary/aromatic N) is 6. The van der Waals surface area contributed by atoms with E-state index < -0.39 is 11.5 Å². The number of hydrogen-bond acceptors (Lipinski definition) is 7. The van der Waals surface area contributed by atoms with Crippen LogP contribution in [-0.2, 0) is 4.79 Å². The minimum absolute atomic E-state index is 0.0306. The minimum atomic E-state index is -0.817. The highest BCUT2D eigenvalue weighted by molar-refractivity contribution is 5.96. The van der Waals surface area contributed by atoms with Crippen molar-refractivity contribution >= 4 is 23.1 Å². The van der Waals surface area contributed by atoms with Crippen LogP contribution in [0.2, 0.25) is 0 Å². The van der Waals surface area contributed by atoms with Crippen LogP contribution in [0, 0.1) is 5.92 Å². The number of benzene rings is 2. The number of nitrogens with two attached hydrogens (primary N) is 2. The summed E-state index contributed by atoms with van der Waals surface area (Å²) in [6, 6.07) is 26.1. The fraction of sp³-hybridized carbons (Fsp3) is 0.211. The van der Waals surface area contributed by atoms with Crippen molar-refractivity contribution in [1.29, 1.82) is 0 Å². The van der Waals surface area contributed by atoms with Gasteiger partial charge in [0.25, 0.3) is 11.5 Å². The van der Waals surface area contributed by atoms with Crippen LogP contribution in [0.25, 0.3) is 44.8 Å². The molecule has 1 aliphatic rings. The summed E-state index contributed by atoms with van der Waals surface area (Å²) < 4.78 is 3.38. The molecule has 49 heavy (non-hydrogen) atoms. The largest absolute Gasteiger partial charge is 0.382 e. The van der Waals surface area contributed by atoms with Crippen LogP contribution < -0.4 is 17.0 Å². The van der Waals surface area contributed by atoms with Gasteiger partial charge in [0.15, 0.2) is 5.82 Å². The standard InChI is InChI=1S/C38H36N8O3/c1-23(2)37(48)44-18-15-26(16-19-44)32-21-29(34-35(39)42-22-43-46(32)34)25-13-11-24(12-14-25)28-20-30(36(40)47)38(49)45(27-8-4-3-5-9-27)33(28)31-10-6-7-17-41-31/h3-14,17,20-23,26H,15-16,18-19H2,1-2H3,(H2,40,47)(H2,39,42,43). The van der Waals surface area contributed by atoms with Crippen LogP contribution in [0.1, 0.15) is 48.7 Å². The summed E-state index contributed by atoms with van der Waals surface area (Å²) in [4.78, 5) is 49.8. The Labute approximate surface area is 282 Å². The monoisotopic (exact) mass is 652 g/mol. The maximum Gasteiger partial charge on any atom is 0.268 e. The SMILES string of the molecule is CC(C)C(=O)N1CCC(c2cc(-c3ccc(-c4cc(C(N)=O)c(=O)n(-c5ccccc5)c4-c4ccccn4)cc3)c3c(N)ncnn23)CC1. The second kappa shape index (κ2) is 12.8. The number of carbonyl (C=O) groups excluding carboxylic acids is 2. The Kier molecular flexibility index (Phi) is 8.25. The predicted octanol–water partition coefficient (Wildman–Crippen LogP) is 5.32. The lowest BCUT2D eigenvalue weighted by Crippen LogP contribution is -2.40. The Balaban J connectivity index is 1.34. The molecule has 11 heteroatoms. The fourth-order valence-corrected chi connectivity index (χ4v) is 6.79. The first-order valence-corrected chi connectivity index (χ1v) is 16.3. The van der Waals surface area contributed by atoms with Gasteiger partial charge in [-0.15, -0.1) is 0 Å². The third-order valence-electron chi connectivity index (χ3n) is 9.22. The molecule has 0 atom stereocenters. The molecule has 11 nitrogen and oxygen atoms in total. The highest BCUT2D eigenvalue weighted by atomic mass is 16.2. The average molecular weight is 653 g/mol. The van der Waals surface area contributed by atoms with E-state index in [2.05, 4.69) is 21.1 Å². The van der Waals surface area contributed by atoms with Crippen LogP contribution in [0.5, 0.6) is 0 Å². The molecule has 0 aliphatic carbocycles. The second-order valence-electron chi connectivity index (χ2n) is 12.6. The first-order valence-electron chi connectivity index (χ1n) is 16.3. The van der Waals surface area contributed by atoms with Crippen molar-refractivity contribution in [3.63, 3.8) is 0 Å². The van der Waals surface area contributed by atoms with E-state index >= 15 is 0 Å². The molecule has 0 spiro atoms. The number of pyridine rings is 2. The molecule has 1 saturated heterocycles. The van der Waals surface area contributed by atoms with E-state index in [4.69, 9.17) is 11.5 Å². The van der Waals surface area contributed by atoms with Gasteiger partial charge in [0, 0.05) is 53.6 Å². The van der Waals surface area contributed by atoms with Crippen molar-refractivity contribution in [2.45, 2.75) is 32.6 Å². The molecule has 4 aromatic heterocycles. The predicted molar refractivity (Wildman–Crippen MR) is 189 cm³/mol. The van der Waals surface area contributed by atoms with Crippen LogP contribution >= 0.6 is 0 Å². The summed E-state index contributed by atoms with van der Waals surface area (Å²) in [5, 5.41) is 4.59. The Morgan fingerprint density at radius 2 is 1.53 bits per heavy atom. The first kappa shape index (κ1) is 31.5. The lowest BCUT2D eigenvalue weighted by molar-refractivity contribution is -0.135. The van der Waals surface area contributed by atoms with Gasteiger partial charge in [0.2, 0.25) is 5.91 Å². The Bertz CT molecular complexity index is 2240. The molecule has 6 aromatic rings. The zero-order valence-electron chi connectivity index (χ0n) is 27.3. The van der Waals surface area contributed by atoms with Crippen molar-refractivity contribution in [1.82, 2.24) is 29.0 Å². The van der Waals surface area contributed by atoms with Crippen LogP contribution in [0.3, 0.4) is 0 Å². The van der Waals surface area contributed by atoms with Gasteiger partial charge in [-0.2, -0.15) is 5.10 Å². The van der Waals surface area contributed by atoms with Gasteiger partial charge in [-0.3, -0.25) is 23.9 Å². The number of anilines is 1. The second-order valence-corrected chi connectivity index (χ2v) is 12.6. The van der Waals surface area contributed by atoms with Crippen molar-refractivity contribution in [2.75, 3.05) is 18.8 Å². The van der Waals surface area contributed by atoms with Crippen LogP contribution in [-0.4, -0.2) is 54.0 Å². The number of aromatic nitrogens is 5. The van der Waals surface area contributed by atoms with Gasteiger partial charge in [-0.1, -0.05) is 62.4 Å². The van der Waals surface area contributed by atoms with Crippen molar-refractivity contribution < 1.29 is 9.59 Å². The number of nitrogen functional groups attached to an aromatic ring is 1. The summed E-state index contributed by atoms with van der Waals surface area (Å²) in [5.41, 5.74) is 18.1. The fourth-order valence-electron chi connectivity index (χ4n) is 6.79. The number of para-hydroxylation sites is 1. The zero-order valence-corrected chi connectivity index (χ0v) is 27.3. The molecular formula is C38H36N8O3. The van der Waals surface area contributed by atoms with E-state index in [-0.39, 0.29) is 23.3 Å². The van der Waals surface area contributed by atoms with Crippen LogP contribution in [0.15, 0.2) is 102 Å². The summed E-state index contributed by atoms with van der Waals surface area (Å²) >= 11 is 0. The van der Waals surface area contributed by atoms with Gasteiger partial charge in [0.05, 0.1) is 11.4 Å². The third-order valence-corrected chi connectivity index (χ3v) is 9.22. The maximum absolute atomic E-state index is 13.8. The van der Waals surface area contributed by atoms with Gasteiger partial charge < -0.3 is 16.4 Å². The molecule has 1 fully saturated rings.